The molecule has 0 atom stereocenters. The molecule has 29 heavy (non-hydrogen) atoms. The molecule has 0 amide bonds. The van der Waals surface area contributed by atoms with Gasteiger partial charge in [-0.15, -0.1) is 0 Å². The Morgan fingerprint density at radius 1 is 1.03 bits per heavy atom. The van der Waals surface area contributed by atoms with Crippen molar-refractivity contribution in [1.82, 2.24) is 14.8 Å². The van der Waals surface area contributed by atoms with Crippen molar-refractivity contribution in [2.24, 2.45) is 0 Å². The average Bonchev–Trinajstić information content (AvgIpc) is 2.93. The normalized spacial score (nSPS) is 10.8. The van der Waals surface area contributed by atoms with Crippen molar-refractivity contribution in [3.05, 3.63) is 80.0 Å². The van der Waals surface area contributed by atoms with Gasteiger partial charge in [0, 0.05) is 23.4 Å². The van der Waals surface area contributed by atoms with E-state index in [2.05, 4.69) is 10.1 Å². The van der Waals surface area contributed by atoms with Crippen molar-refractivity contribution in [1.29, 1.82) is 5.26 Å². The maximum Gasteiger partial charge on any atom is 0.282 e. The number of nitriles is 1. The number of hydrogen-bond donors (Lipinski definition) is 1. The fourth-order valence-corrected chi connectivity index (χ4v) is 2.63. The molecule has 12 heteroatoms. The third-order valence-electron chi connectivity index (χ3n) is 3.90. The molecular weight excluding hydrogens is 406 g/mol. The van der Waals surface area contributed by atoms with E-state index in [-0.39, 0.29) is 10.4 Å². The molecule has 0 bridgehead atoms. The molecule has 3 rings (SSSR count). The molecule has 0 fully saturated rings. The molecule has 3 aromatic rings. The van der Waals surface area contributed by atoms with Crippen LogP contribution in [0, 0.1) is 53.4 Å². The van der Waals surface area contributed by atoms with E-state index >= 15 is 0 Å². The Labute approximate surface area is 156 Å². The summed E-state index contributed by atoms with van der Waals surface area (Å²) in [5.41, 5.74) is -6.29. The molecule has 148 valence electrons. The fraction of sp³-hybridized carbons (Fsp3) is 0.0588. The quantitative estimate of drug-likeness (QED) is 0.310. The van der Waals surface area contributed by atoms with Gasteiger partial charge in [0.2, 0.25) is 17.7 Å². The molecule has 6 nitrogen and oxygen atoms in total. The largest absolute Gasteiger partial charge is 0.294 e. The minimum absolute atomic E-state index is 0.00838. The molecule has 0 aliphatic heterocycles. The lowest BCUT2D eigenvalue weighted by molar-refractivity contribution is 0.103. The van der Waals surface area contributed by atoms with Crippen LogP contribution >= 0.6 is 0 Å². The number of nitrogens with zero attached hydrogens (tertiary/aromatic N) is 3. The number of rotatable bonds is 3. The summed E-state index contributed by atoms with van der Waals surface area (Å²) in [4.78, 5) is 27.8. The molecule has 0 saturated carbocycles. The predicted molar refractivity (Wildman–Crippen MR) is 83.3 cm³/mol. The smallest absolute Gasteiger partial charge is 0.282 e. The molecule has 1 aromatic carbocycles. The highest BCUT2D eigenvalue weighted by Crippen LogP contribution is 2.26. The van der Waals surface area contributed by atoms with Gasteiger partial charge in [-0.2, -0.15) is 19.0 Å². The van der Waals surface area contributed by atoms with Crippen molar-refractivity contribution >= 4 is 5.78 Å². The maximum absolute atomic E-state index is 14.2. The van der Waals surface area contributed by atoms with E-state index in [4.69, 9.17) is 5.26 Å². The summed E-state index contributed by atoms with van der Waals surface area (Å²) in [5, 5.41) is 10.7. The summed E-state index contributed by atoms with van der Waals surface area (Å²) in [6.45, 7) is 1.10. The van der Waals surface area contributed by atoms with Crippen LogP contribution in [0.3, 0.4) is 0 Å². The first kappa shape index (κ1) is 19.9. The zero-order valence-electron chi connectivity index (χ0n) is 14.1. The van der Waals surface area contributed by atoms with Crippen LogP contribution in [-0.2, 0) is 0 Å². The van der Waals surface area contributed by atoms with Gasteiger partial charge < -0.3 is 0 Å². The van der Waals surface area contributed by atoms with Gasteiger partial charge in [-0.25, -0.2) is 22.2 Å². The third kappa shape index (κ3) is 3.06. The lowest BCUT2D eigenvalue weighted by Crippen LogP contribution is -2.24. The number of pyridine rings is 1. The summed E-state index contributed by atoms with van der Waals surface area (Å²) >= 11 is 0. The highest BCUT2D eigenvalue weighted by atomic mass is 19.2. The van der Waals surface area contributed by atoms with Gasteiger partial charge in [-0.05, 0) is 6.92 Å². The SMILES string of the molecule is Cc1[nH]n(-c2c(F)c(F)c(C#N)c(F)c2F)c(=O)c1C(=O)c1cc(F)nc(F)c1. The number of nitrogens with one attached hydrogen (secondary N) is 1. The topological polar surface area (TPSA) is 91.5 Å². The Hall–Kier alpha value is -3.88. The van der Waals surface area contributed by atoms with Crippen molar-refractivity contribution in [3.63, 3.8) is 0 Å². The molecule has 0 radical (unpaired) electrons. The van der Waals surface area contributed by atoms with Crippen LogP contribution in [0.5, 0.6) is 0 Å². The Kier molecular flexibility index (Phi) is 4.75. The van der Waals surface area contributed by atoms with Crippen LogP contribution in [0.2, 0.25) is 0 Å². The van der Waals surface area contributed by atoms with Crippen molar-refractivity contribution in [2.45, 2.75) is 6.92 Å². The van der Waals surface area contributed by atoms with Crippen LogP contribution < -0.4 is 5.56 Å². The van der Waals surface area contributed by atoms with E-state index in [1.165, 1.54) is 0 Å². The van der Waals surface area contributed by atoms with Crippen LogP contribution in [0.1, 0.15) is 27.2 Å². The second kappa shape index (κ2) is 6.93. The van der Waals surface area contributed by atoms with Crippen LogP contribution in [0.15, 0.2) is 16.9 Å². The number of benzene rings is 1. The van der Waals surface area contributed by atoms with Gasteiger partial charge in [0.1, 0.15) is 22.9 Å². The summed E-state index contributed by atoms with van der Waals surface area (Å²) in [6, 6.07) is 1.98. The van der Waals surface area contributed by atoms with E-state index in [0.29, 0.717) is 12.1 Å². The molecule has 2 heterocycles. The van der Waals surface area contributed by atoms with E-state index in [1.807, 2.05) is 0 Å². The lowest BCUT2D eigenvalue weighted by atomic mass is 10.1. The molecular formula is C17H6F6N4O2. The molecule has 0 aliphatic carbocycles. The molecule has 1 N–H and O–H groups in total. The third-order valence-corrected chi connectivity index (χ3v) is 3.90. The number of hydrogen-bond acceptors (Lipinski definition) is 4. The summed E-state index contributed by atoms with van der Waals surface area (Å²) in [6.07, 6.45) is 0. The lowest BCUT2D eigenvalue weighted by Gasteiger charge is -2.08. The summed E-state index contributed by atoms with van der Waals surface area (Å²) in [7, 11) is 0. The summed E-state index contributed by atoms with van der Waals surface area (Å²) < 4.78 is 82.6. The van der Waals surface area contributed by atoms with Gasteiger partial charge in [-0.3, -0.25) is 14.7 Å². The van der Waals surface area contributed by atoms with Crippen LogP contribution in [-0.4, -0.2) is 20.5 Å². The minimum Gasteiger partial charge on any atom is -0.294 e. The van der Waals surface area contributed by atoms with Gasteiger partial charge in [0.05, 0.1) is 0 Å². The second-order valence-electron chi connectivity index (χ2n) is 5.67. The first-order valence-electron chi connectivity index (χ1n) is 7.54. The van der Waals surface area contributed by atoms with Gasteiger partial charge >= 0.3 is 0 Å². The number of halogens is 6. The summed E-state index contributed by atoms with van der Waals surface area (Å²) in [5.74, 6) is -12.2. The second-order valence-corrected chi connectivity index (χ2v) is 5.67. The highest BCUT2D eigenvalue weighted by Gasteiger charge is 2.30. The fourth-order valence-electron chi connectivity index (χ4n) is 2.63. The van der Waals surface area contributed by atoms with Crippen molar-refractivity contribution in [2.75, 3.05) is 0 Å². The van der Waals surface area contributed by atoms with E-state index < -0.39 is 68.9 Å². The highest BCUT2D eigenvalue weighted by molar-refractivity contribution is 6.09. The Bertz CT molecular complexity index is 1240. The zero-order chi connectivity index (χ0) is 21.6. The maximum atomic E-state index is 14.2. The van der Waals surface area contributed by atoms with E-state index in [9.17, 15) is 35.9 Å². The number of aromatic amines is 1. The molecule has 0 aliphatic rings. The first-order chi connectivity index (χ1) is 13.6. The van der Waals surface area contributed by atoms with Crippen molar-refractivity contribution in [3.8, 4) is 11.8 Å². The number of carbonyl (C=O) groups is 1. The number of carbonyl (C=O) groups excluding carboxylic acids is 1. The average molecular weight is 412 g/mol. The molecule has 0 unspecified atom stereocenters. The Morgan fingerprint density at radius 3 is 2.03 bits per heavy atom. The Morgan fingerprint density at radius 2 is 1.55 bits per heavy atom. The van der Waals surface area contributed by atoms with Crippen molar-refractivity contribution < 1.29 is 31.1 Å². The number of H-pyrrole nitrogens is 1. The van der Waals surface area contributed by atoms with Gasteiger partial charge in [0.25, 0.3) is 5.56 Å². The minimum atomic E-state index is -2.07. The molecule has 0 spiro atoms. The predicted octanol–water partition coefficient (Wildman–Crippen LogP) is 2.81. The van der Waals surface area contributed by atoms with E-state index in [1.54, 1.807) is 0 Å². The van der Waals surface area contributed by atoms with E-state index in [0.717, 1.165) is 13.0 Å². The number of ketones is 1. The van der Waals surface area contributed by atoms with Crippen LogP contribution in [0.4, 0.5) is 26.3 Å². The number of aromatic nitrogens is 3. The van der Waals surface area contributed by atoms with Gasteiger partial charge in [-0.1, -0.05) is 0 Å². The number of aryl methyl sites for hydroxylation is 1. The molecule has 0 saturated heterocycles. The monoisotopic (exact) mass is 412 g/mol. The Balaban J connectivity index is 2.26. The molecule has 2 aromatic heterocycles. The zero-order valence-corrected chi connectivity index (χ0v) is 14.1. The standard InChI is InChI=1S/C17H6F6N4O2/c1-5-10(16(28)6-2-8(18)25-9(19)3-6)17(29)27(26-5)15-13(22)11(20)7(4-24)12(21)14(15)23/h2-3,26H,1H3. The first-order valence-corrected chi connectivity index (χ1v) is 7.54. The van der Waals surface area contributed by atoms with Crippen LogP contribution in [0.25, 0.3) is 5.69 Å². The van der Waals surface area contributed by atoms with Gasteiger partial charge in [0.15, 0.2) is 23.3 Å².